The Bertz CT molecular complexity index is 331. The minimum atomic E-state index is -0.378. The molecular formula is C14H21NO2. The van der Waals surface area contributed by atoms with E-state index in [1.54, 1.807) is 0 Å². The monoisotopic (exact) mass is 235 g/mol. The van der Waals surface area contributed by atoms with Gasteiger partial charge in [-0.05, 0) is 49.8 Å². The van der Waals surface area contributed by atoms with Crippen LogP contribution >= 0.6 is 0 Å². The van der Waals surface area contributed by atoms with Crippen LogP contribution in [0.15, 0.2) is 24.3 Å². The molecule has 1 aromatic rings. The standard InChI is InChI=1S/C14H21NO2/c15-12-8-6-11(7-9-12)14(16)5-1-3-13-4-2-10-17-13/h6-9,13-14,16H,1-5,10,15H2. The highest BCUT2D eigenvalue weighted by Gasteiger charge is 2.15. The van der Waals surface area contributed by atoms with Crippen molar-refractivity contribution in [1.82, 2.24) is 0 Å². The first-order chi connectivity index (χ1) is 8.25. The van der Waals surface area contributed by atoms with Gasteiger partial charge in [0, 0.05) is 12.3 Å². The Morgan fingerprint density at radius 1 is 1.35 bits per heavy atom. The van der Waals surface area contributed by atoms with Crippen molar-refractivity contribution >= 4 is 5.69 Å². The number of rotatable bonds is 5. The van der Waals surface area contributed by atoms with Crippen LogP contribution in [0.25, 0.3) is 0 Å². The van der Waals surface area contributed by atoms with E-state index in [1.165, 1.54) is 12.8 Å². The van der Waals surface area contributed by atoms with E-state index in [0.29, 0.717) is 6.10 Å². The van der Waals surface area contributed by atoms with Gasteiger partial charge in [-0.2, -0.15) is 0 Å². The molecule has 0 amide bonds. The molecule has 0 spiro atoms. The molecule has 0 bridgehead atoms. The quantitative estimate of drug-likeness (QED) is 0.771. The molecule has 0 aromatic heterocycles. The van der Waals surface area contributed by atoms with E-state index in [4.69, 9.17) is 10.5 Å². The molecule has 1 fully saturated rings. The minimum absolute atomic E-state index is 0.378. The van der Waals surface area contributed by atoms with E-state index in [1.807, 2.05) is 24.3 Å². The largest absolute Gasteiger partial charge is 0.399 e. The van der Waals surface area contributed by atoms with Crippen molar-refractivity contribution in [2.75, 3.05) is 12.3 Å². The molecule has 2 rings (SSSR count). The van der Waals surface area contributed by atoms with E-state index in [9.17, 15) is 5.11 Å². The highest BCUT2D eigenvalue weighted by Crippen LogP contribution is 2.23. The zero-order valence-corrected chi connectivity index (χ0v) is 10.1. The van der Waals surface area contributed by atoms with E-state index in [0.717, 1.165) is 37.1 Å². The second-order valence-corrected chi connectivity index (χ2v) is 4.75. The molecule has 94 valence electrons. The molecule has 3 heteroatoms. The molecular weight excluding hydrogens is 214 g/mol. The lowest BCUT2D eigenvalue weighted by molar-refractivity contribution is 0.0945. The maximum Gasteiger partial charge on any atom is 0.0790 e. The summed E-state index contributed by atoms with van der Waals surface area (Å²) in [7, 11) is 0. The lowest BCUT2D eigenvalue weighted by atomic mass is 10.0. The maximum atomic E-state index is 10.0. The van der Waals surface area contributed by atoms with Gasteiger partial charge in [-0.15, -0.1) is 0 Å². The van der Waals surface area contributed by atoms with Crippen molar-refractivity contribution in [3.63, 3.8) is 0 Å². The number of ether oxygens (including phenoxy) is 1. The van der Waals surface area contributed by atoms with Crippen LogP contribution in [0.3, 0.4) is 0 Å². The summed E-state index contributed by atoms with van der Waals surface area (Å²) >= 11 is 0. The minimum Gasteiger partial charge on any atom is -0.399 e. The van der Waals surface area contributed by atoms with Gasteiger partial charge in [0.25, 0.3) is 0 Å². The molecule has 2 unspecified atom stereocenters. The number of aliphatic hydroxyl groups is 1. The number of nitrogens with two attached hydrogens (primary N) is 1. The Labute approximate surface area is 103 Å². The van der Waals surface area contributed by atoms with Gasteiger partial charge in [-0.3, -0.25) is 0 Å². The summed E-state index contributed by atoms with van der Waals surface area (Å²) in [5.74, 6) is 0. The summed E-state index contributed by atoms with van der Waals surface area (Å²) in [5, 5.41) is 10.0. The summed E-state index contributed by atoms with van der Waals surface area (Å²) in [6.07, 6.45) is 5.28. The van der Waals surface area contributed by atoms with Crippen molar-refractivity contribution in [2.24, 2.45) is 0 Å². The van der Waals surface area contributed by atoms with Crippen molar-refractivity contribution in [1.29, 1.82) is 0 Å². The van der Waals surface area contributed by atoms with Crippen molar-refractivity contribution in [2.45, 2.75) is 44.3 Å². The van der Waals surface area contributed by atoms with Gasteiger partial charge in [-0.1, -0.05) is 12.1 Å². The lowest BCUT2D eigenvalue weighted by Crippen LogP contribution is -2.06. The first kappa shape index (κ1) is 12.4. The molecule has 3 nitrogen and oxygen atoms in total. The van der Waals surface area contributed by atoms with E-state index in [2.05, 4.69) is 0 Å². The van der Waals surface area contributed by atoms with Crippen molar-refractivity contribution < 1.29 is 9.84 Å². The average molecular weight is 235 g/mol. The lowest BCUT2D eigenvalue weighted by Gasteiger charge is -2.13. The van der Waals surface area contributed by atoms with E-state index < -0.39 is 0 Å². The topological polar surface area (TPSA) is 55.5 Å². The van der Waals surface area contributed by atoms with Crippen LogP contribution in [0.4, 0.5) is 5.69 Å². The van der Waals surface area contributed by atoms with Gasteiger partial charge in [0.1, 0.15) is 0 Å². The maximum absolute atomic E-state index is 10.0. The van der Waals surface area contributed by atoms with Crippen LogP contribution in [-0.2, 0) is 4.74 Å². The summed E-state index contributed by atoms with van der Waals surface area (Å²) in [6.45, 7) is 0.908. The molecule has 1 aliphatic rings. The number of nitrogen functional groups attached to an aromatic ring is 1. The van der Waals surface area contributed by atoms with Gasteiger partial charge < -0.3 is 15.6 Å². The molecule has 0 aliphatic carbocycles. The normalized spacial score (nSPS) is 21.6. The predicted octanol–water partition coefficient (Wildman–Crippen LogP) is 2.65. The van der Waals surface area contributed by atoms with Gasteiger partial charge in [0.15, 0.2) is 0 Å². The molecule has 3 N–H and O–H groups in total. The smallest absolute Gasteiger partial charge is 0.0790 e. The van der Waals surface area contributed by atoms with Crippen LogP contribution in [0.2, 0.25) is 0 Å². The van der Waals surface area contributed by atoms with Gasteiger partial charge in [0.2, 0.25) is 0 Å². The van der Waals surface area contributed by atoms with Crippen LogP contribution in [0.1, 0.15) is 43.8 Å². The second kappa shape index (κ2) is 6.03. The molecule has 0 saturated carbocycles. The van der Waals surface area contributed by atoms with Crippen LogP contribution in [0, 0.1) is 0 Å². The fourth-order valence-corrected chi connectivity index (χ4v) is 2.30. The van der Waals surface area contributed by atoms with Gasteiger partial charge in [0.05, 0.1) is 12.2 Å². The zero-order valence-electron chi connectivity index (χ0n) is 10.1. The van der Waals surface area contributed by atoms with E-state index in [-0.39, 0.29) is 6.10 Å². The van der Waals surface area contributed by atoms with Crippen LogP contribution in [0.5, 0.6) is 0 Å². The Balaban J connectivity index is 1.72. The van der Waals surface area contributed by atoms with Gasteiger partial charge >= 0.3 is 0 Å². The summed E-state index contributed by atoms with van der Waals surface area (Å²) < 4.78 is 5.56. The number of benzene rings is 1. The van der Waals surface area contributed by atoms with Crippen molar-refractivity contribution in [3.8, 4) is 0 Å². The Hall–Kier alpha value is -1.06. The van der Waals surface area contributed by atoms with Crippen LogP contribution < -0.4 is 5.73 Å². The highest BCUT2D eigenvalue weighted by atomic mass is 16.5. The summed E-state index contributed by atoms with van der Waals surface area (Å²) in [4.78, 5) is 0. The highest BCUT2D eigenvalue weighted by molar-refractivity contribution is 5.39. The fraction of sp³-hybridized carbons (Fsp3) is 0.571. The molecule has 1 aromatic carbocycles. The first-order valence-corrected chi connectivity index (χ1v) is 6.41. The SMILES string of the molecule is Nc1ccc(C(O)CCCC2CCCO2)cc1. The van der Waals surface area contributed by atoms with E-state index >= 15 is 0 Å². The zero-order chi connectivity index (χ0) is 12.1. The average Bonchev–Trinajstić information content (AvgIpc) is 2.83. The summed E-state index contributed by atoms with van der Waals surface area (Å²) in [6, 6.07) is 7.45. The van der Waals surface area contributed by atoms with Gasteiger partial charge in [-0.25, -0.2) is 0 Å². The van der Waals surface area contributed by atoms with Crippen molar-refractivity contribution in [3.05, 3.63) is 29.8 Å². The third-order valence-corrected chi connectivity index (χ3v) is 3.35. The molecule has 2 atom stereocenters. The number of hydrogen-bond donors (Lipinski definition) is 2. The molecule has 17 heavy (non-hydrogen) atoms. The first-order valence-electron chi connectivity index (χ1n) is 6.41. The number of anilines is 1. The molecule has 1 heterocycles. The third-order valence-electron chi connectivity index (χ3n) is 3.35. The Morgan fingerprint density at radius 2 is 2.12 bits per heavy atom. The predicted molar refractivity (Wildman–Crippen MR) is 68.6 cm³/mol. The second-order valence-electron chi connectivity index (χ2n) is 4.75. The Morgan fingerprint density at radius 3 is 2.76 bits per heavy atom. The molecule has 0 radical (unpaired) electrons. The Kier molecular flexibility index (Phi) is 4.40. The number of aliphatic hydroxyl groups excluding tert-OH is 1. The number of hydrogen-bond acceptors (Lipinski definition) is 3. The van der Waals surface area contributed by atoms with Crippen LogP contribution in [-0.4, -0.2) is 17.8 Å². The molecule has 1 saturated heterocycles. The summed E-state index contributed by atoms with van der Waals surface area (Å²) in [5.41, 5.74) is 7.30. The third kappa shape index (κ3) is 3.72. The molecule has 1 aliphatic heterocycles. The fourth-order valence-electron chi connectivity index (χ4n) is 2.30.